The van der Waals surface area contributed by atoms with Crippen LogP contribution in [0.2, 0.25) is 0 Å². The average Bonchev–Trinajstić information content (AvgIpc) is 2.74. The van der Waals surface area contributed by atoms with Gasteiger partial charge < -0.3 is 15.5 Å². The largest absolute Gasteiger partial charge is 0.497 e. The van der Waals surface area contributed by atoms with Crippen molar-refractivity contribution in [1.82, 2.24) is 9.97 Å². The van der Waals surface area contributed by atoms with E-state index < -0.39 is 0 Å². The average molecular weight is 259 g/mol. The number of fused-ring (bicyclic) bond motifs is 1. The molecule has 1 heterocycles. The molecule has 0 amide bonds. The molecule has 1 aromatic heterocycles. The summed E-state index contributed by atoms with van der Waals surface area (Å²) in [5, 5.41) is 0. The van der Waals surface area contributed by atoms with Crippen LogP contribution in [0.15, 0.2) is 18.2 Å². The second-order valence-electron chi connectivity index (χ2n) is 5.54. The lowest BCUT2D eigenvalue weighted by Crippen LogP contribution is -2.37. The number of methoxy groups -OCH3 is 1. The third-order valence-corrected chi connectivity index (χ3v) is 4.16. The third-order valence-electron chi connectivity index (χ3n) is 4.16. The summed E-state index contributed by atoms with van der Waals surface area (Å²) in [6, 6.07) is 5.89. The van der Waals surface area contributed by atoms with E-state index in [4.69, 9.17) is 10.5 Å². The van der Waals surface area contributed by atoms with Crippen molar-refractivity contribution >= 4 is 11.0 Å². The monoisotopic (exact) mass is 259 g/mol. The lowest BCUT2D eigenvalue weighted by Gasteiger charge is -2.25. The van der Waals surface area contributed by atoms with E-state index in [9.17, 15) is 0 Å². The van der Waals surface area contributed by atoms with Crippen molar-refractivity contribution in [3.8, 4) is 5.75 Å². The van der Waals surface area contributed by atoms with E-state index in [2.05, 4.69) is 9.97 Å². The predicted octanol–water partition coefficient (Wildman–Crippen LogP) is 3.08. The van der Waals surface area contributed by atoms with E-state index >= 15 is 0 Å². The molecular weight excluding hydrogens is 238 g/mol. The fourth-order valence-corrected chi connectivity index (χ4v) is 2.95. The van der Waals surface area contributed by atoms with Crippen LogP contribution >= 0.6 is 0 Å². The second-order valence-corrected chi connectivity index (χ2v) is 5.54. The van der Waals surface area contributed by atoms with Crippen LogP contribution in [0.25, 0.3) is 11.0 Å². The normalized spacial score (nSPS) is 19.3. The fraction of sp³-hybridized carbons (Fsp3) is 0.533. The smallest absolute Gasteiger partial charge is 0.127 e. The quantitative estimate of drug-likeness (QED) is 0.815. The highest BCUT2D eigenvalue weighted by Crippen LogP contribution is 2.33. The maximum absolute atomic E-state index is 6.59. The van der Waals surface area contributed by atoms with E-state index in [0.717, 1.165) is 35.4 Å². The predicted molar refractivity (Wildman–Crippen MR) is 76.2 cm³/mol. The molecule has 1 aromatic carbocycles. The van der Waals surface area contributed by atoms with Crippen molar-refractivity contribution in [2.75, 3.05) is 7.11 Å². The SMILES string of the molecule is COc1ccc2nc(C3(N)CCCCCC3)[nH]c2c1. The number of ether oxygens (including phenoxy) is 1. The van der Waals surface area contributed by atoms with Crippen LogP contribution in [-0.4, -0.2) is 17.1 Å². The van der Waals surface area contributed by atoms with Crippen molar-refractivity contribution < 1.29 is 4.74 Å². The molecule has 0 bridgehead atoms. The van der Waals surface area contributed by atoms with E-state index in [0.29, 0.717) is 0 Å². The molecule has 3 rings (SSSR count). The topological polar surface area (TPSA) is 63.9 Å². The minimum atomic E-state index is -0.289. The van der Waals surface area contributed by atoms with Crippen LogP contribution in [-0.2, 0) is 5.54 Å². The van der Waals surface area contributed by atoms with Gasteiger partial charge in [0.1, 0.15) is 11.6 Å². The van der Waals surface area contributed by atoms with Crippen molar-refractivity contribution in [2.45, 2.75) is 44.1 Å². The number of nitrogens with one attached hydrogen (secondary N) is 1. The fourth-order valence-electron chi connectivity index (χ4n) is 2.95. The van der Waals surface area contributed by atoms with Crippen LogP contribution in [0, 0.1) is 0 Å². The number of aromatic nitrogens is 2. The van der Waals surface area contributed by atoms with Crippen LogP contribution in [0.1, 0.15) is 44.3 Å². The molecule has 0 unspecified atom stereocenters. The van der Waals surface area contributed by atoms with Gasteiger partial charge in [-0.25, -0.2) is 4.98 Å². The van der Waals surface area contributed by atoms with Gasteiger partial charge in [0.05, 0.1) is 23.7 Å². The van der Waals surface area contributed by atoms with Crippen LogP contribution in [0.4, 0.5) is 0 Å². The summed E-state index contributed by atoms with van der Waals surface area (Å²) in [6.07, 6.45) is 6.99. The zero-order valence-electron chi connectivity index (χ0n) is 11.4. The molecule has 1 saturated carbocycles. The molecule has 19 heavy (non-hydrogen) atoms. The molecule has 4 nitrogen and oxygen atoms in total. The first-order valence-corrected chi connectivity index (χ1v) is 7.04. The molecule has 0 saturated heterocycles. The number of H-pyrrole nitrogens is 1. The number of imidazole rings is 1. The van der Waals surface area contributed by atoms with Crippen LogP contribution in [0.5, 0.6) is 5.75 Å². The Morgan fingerprint density at radius 2 is 1.95 bits per heavy atom. The summed E-state index contributed by atoms with van der Waals surface area (Å²) in [5.74, 6) is 1.77. The lowest BCUT2D eigenvalue weighted by molar-refractivity contribution is 0.366. The third kappa shape index (κ3) is 2.32. The van der Waals surface area contributed by atoms with Gasteiger partial charge in [0.2, 0.25) is 0 Å². The Morgan fingerprint density at radius 1 is 1.21 bits per heavy atom. The molecule has 0 aliphatic heterocycles. The second kappa shape index (κ2) is 4.85. The molecule has 0 atom stereocenters. The number of hydrogen-bond acceptors (Lipinski definition) is 3. The minimum absolute atomic E-state index is 0.289. The number of nitrogens with zero attached hydrogens (tertiary/aromatic N) is 1. The Labute approximate surface area is 113 Å². The van der Waals surface area contributed by atoms with Gasteiger partial charge in [-0.2, -0.15) is 0 Å². The Morgan fingerprint density at radius 3 is 2.63 bits per heavy atom. The van der Waals surface area contributed by atoms with Gasteiger partial charge in [-0.05, 0) is 25.0 Å². The molecule has 102 valence electrons. The van der Waals surface area contributed by atoms with Gasteiger partial charge in [-0.1, -0.05) is 25.7 Å². The molecule has 0 spiro atoms. The Hall–Kier alpha value is -1.55. The molecule has 0 radical (unpaired) electrons. The summed E-state index contributed by atoms with van der Waals surface area (Å²) in [5.41, 5.74) is 8.27. The number of benzene rings is 1. The maximum Gasteiger partial charge on any atom is 0.127 e. The van der Waals surface area contributed by atoms with Gasteiger partial charge in [0, 0.05) is 6.07 Å². The number of rotatable bonds is 2. The Balaban J connectivity index is 1.99. The summed E-state index contributed by atoms with van der Waals surface area (Å²) in [7, 11) is 1.67. The van der Waals surface area contributed by atoms with Gasteiger partial charge in [0.25, 0.3) is 0 Å². The standard InChI is InChI=1S/C15H21N3O/c1-19-11-6-7-12-13(10-11)18-14(17-12)15(16)8-4-2-3-5-9-15/h6-7,10H,2-5,8-9,16H2,1H3,(H,17,18). The van der Waals surface area contributed by atoms with Crippen molar-refractivity contribution in [3.05, 3.63) is 24.0 Å². The summed E-state index contributed by atoms with van der Waals surface area (Å²) in [6.45, 7) is 0. The summed E-state index contributed by atoms with van der Waals surface area (Å²) >= 11 is 0. The highest BCUT2D eigenvalue weighted by Gasteiger charge is 2.31. The van der Waals surface area contributed by atoms with Gasteiger partial charge in [-0.15, -0.1) is 0 Å². The number of aromatic amines is 1. The van der Waals surface area contributed by atoms with E-state index in [1.807, 2.05) is 18.2 Å². The van der Waals surface area contributed by atoms with Crippen molar-refractivity contribution in [1.29, 1.82) is 0 Å². The van der Waals surface area contributed by atoms with Gasteiger partial charge in [-0.3, -0.25) is 0 Å². The molecular formula is C15H21N3O. The first-order chi connectivity index (χ1) is 9.21. The molecule has 1 fully saturated rings. The zero-order chi connectivity index (χ0) is 13.3. The highest BCUT2D eigenvalue weighted by molar-refractivity contribution is 5.77. The molecule has 1 aliphatic carbocycles. The molecule has 1 aliphatic rings. The van der Waals surface area contributed by atoms with E-state index in [1.54, 1.807) is 7.11 Å². The molecule has 3 N–H and O–H groups in total. The molecule has 2 aromatic rings. The van der Waals surface area contributed by atoms with Crippen molar-refractivity contribution in [3.63, 3.8) is 0 Å². The Kier molecular flexibility index (Phi) is 3.19. The van der Waals surface area contributed by atoms with Gasteiger partial charge >= 0.3 is 0 Å². The minimum Gasteiger partial charge on any atom is -0.497 e. The van der Waals surface area contributed by atoms with E-state index in [1.165, 1.54) is 25.7 Å². The van der Waals surface area contributed by atoms with Crippen LogP contribution < -0.4 is 10.5 Å². The van der Waals surface area contributed by atoms with Crippen LogP contribution in [0.3, 0.4) is 0 Å². The van der Waals surface area contributed by atoms with Crippen molar-refractivity contribution in [2.24, 2.45) is 5.73 Å². The first-order valence-electron chi connectivity index (χ1n) is 7.04. The number of hydrogen-bond donors (Lipinski definition) is 2. The number of nitrogens with two attached hydrogens (primary N) is 1. The summed E-state index contributed by atoms with van der Waals surface area (Å²) in [4.78, 5) is 8.08. The Bertz CT molecular complexity index is 568. The summed E-state index contributed by atoms with van der Waals surface area (Å²) < 4.78 is 5.24. The lowest BCUT2D eigenvalue weighted by atomic mass is 9.91. The zero-order valence-corrected chi connectivity index (χ0v) is 11.4. The van der Waals surface area contributed by atoms with E-state index in [-0.39, 0.29) is 5.54 Å². The molecule has 4 heteroatoms. The maximum atomic E-state index is 6.59. The highest BCUT2D eigenvalue weighted by atomic mass is 16.5. The van der Waals surface area contributed by atoms with Gasteiger partial charge in [0.15, 0.2) is 0 Å². The first kappa shape index (κ1) is 12.5.